The number of hydrazine groups is 1. The van der Waals surface area contributed by atoms with E-state index < -0.39 is 5.54 Å². The minimum Gasteiger partial charge on any atom is -0.704 e. The van der Waals surface area contributed by atoms with E-state index in [-0.39, 0.29) is 6.04 Å². The van der Waals surface area contributed by atoms with E-state index in [0.29, 0.717) is 10.0 Å². The Bertz CT molecular complexity index is 141. The van der Waals surface area contributed by atoms with Crippen molar-refractivity contribution in [1.29, 1.82) is 0 Å². The number of nitroso groups, excluding NO2 is 1. The lowest BCUT2D eigenvalue weighted by molar-refractivity contribution is -0.815. The van der Waals surface area contributed by atoms with Crippen LogP contribution in [0.4, 0.5) is 0 Å². The molecule has 0 saturated carbocycles. The molecule has 0 aromatic heterocycles. The topological polar surface area (TPSA) is 46.4 Å². The third-order valence-corrected chi connectivity index (χ3v) is 2.03. The van der Waals surface area contributed by atoms with Crippen molar-refractivity contribution >= 4 is 0 Å². The number of hydroxylamine groups is 1. The average Bonchev–Trinajstić information content (AvgIpc) is 1.84. The Kier molecular flexibility index (Phi) is 1.04. The van der Waals surface area contributed by atoms with E-state index >= 15 is 0 Å². The molecule has 0 aliphatic carbocycles. The third-order valence-electron chi connectivity index (χ3n) is 2.03. The molecule has 4 heteroatoms. The second kappa shape index (κ2) is 1.44. The van der Waals surface area contributed by atoms with Gasteiger partial charge in [0.1, 0.15) is 4.87 Å². The number of hydrogen-bond donors (Lipinski definition) is 0. The molecule has 0 unspecified atom stereocenters. The molecule has 4 nitrogen and oxygen atoms in total. The van der Waals surface area contributed by atoms with Crippen LogP contribution in [0.15, 0.2) is 0 Å². The van der Waals surface area contributed by atoms with Gasteiger partial charge in [0, 0.05) is 6.92 Å². The van der Waals surface area contributed by atoms with Gasteiger partial charge in [0.25, 0.3) is 6.04 Å². The Morgan fingerprint density at radius 2 is 2.11 bits per heavy atom. The van der Waals surface area contributed by atoms with E-state index in [1.165, 1.54) is 0 Å². The Morgan fingerprint density at radius 1 is 1.67 bits per heavy atom. The zero-order valence-electron chi connectivity index (χ0n) is 5.79. The van der Waals surface area contributed by atoms with Crippen molar-refractivity contribution < 1.29 is 4.87 Å². The van der Waals surface area contributed by atoms with Gasteiger partial charge in [-0.15, -0.1) is 0 Å². The van der Waals surface area contributed by atoms with Crippen molar-refractivity contribution in [3.63, 3.8) is 0 Å². The zero-order valence-corrected chi connectivity index (χ0v) is 5.79. The molecule has 1 atom stereocenters. The monoisotopic (exact) mass is 130 g/mol. The van der Waals surface area contributed by atoms with Gasteiger partial charge in [-0.3, -0.25) is 0 Å². The van der Waals surface area contributed by atoms with Crippen LogP contribution in [0, 0.1) is 10.1 Å². The minimum absolute atomic E-state index is 0.185. The van der Waals surface area contributed by atoms with Crippen molar-refractivity contribution in [2.24, 2.45) is 0 Å². The van der Waals surface area contributed by atoms with Crippen molar-refractivity contribution in [3.8, 4) is 0 Å². The maximum absolute atomic E-state index is 10.6. The van der Waals surface area contributed by atoms with Crippen molar-refractivity contribution in [1.82, 2.24) is 5.17 Å². The highest BCUT2D eigenvalue weighted by atomic mass is 16.6. The molecule has 1 aliphatic rings. The van der Waals surface area contributed by atoms with Gasteiger partial charge in [-0.2, -0.15) is 5.17 Å². The largest absolute Gasteiger partial charge is 0.704 e. The lowest BCUT2D eigenvalue weighted by atomic mass is 9.93. The van der Waals surface area contributed by atoms with Gasteiger partial charge in [-0.1, -0.05) is 0 Å². The molecule has 0 N–H and O–H groups in total. The Morgan fingerprint density at radius 3 is 2.22 bits per heavy atom. The van der Waals surface area contributed by atoms with Gasteiger partial charge < -0.3 is 5.21 Å². The summed E-state index contributed by atoms with van der Waals surface area (Å²) in [5.74, 6) is 0. The zero-order chi connectivity index (χ0) is 7.23. The quantitative estimate of drug-likeness (QED) is 0.452. The minimum atomic E-state index is -0.498. The smallest absolute Gasteiger partial charge is 0.257 e. The standard InChI is InChI=1S/C5H10N2O2/c1-4-5(2,3)7(9)6(4)8/h4H,1-3H3/t4-/m1/s1. The first-order chi connectivity index (χ1) is 3.98. The molecular formula is C5H10N2O2. The molecule has 0 radical (unpaired) electrons. The van der Waals surface area contributed by atoms with Gasteiger partial charge in [-0.25, -0.2) is 0 Å². The van der Waals surface area contributed by atoms with Crippen LogP contribution in [0.3, 0.4) is 0 Å². The summed E-state index contributed by atoms with van der Waals surface area (Å²) in [6.45, 7) is 5.24. The molecule has 52 valence electrons. The third kappa shape index (κ3) is 0.564. The number of nitrogens with zero attached hydrogens (tertiary/aromatic N) is 2. The SMILES string of the molecule is C[C@H]1[N+](=O)N([O-])C1(C)C. The average molecular weight is 130 g/mol. The highest BCUT2D eigenvalue weighted by Gasteiger charge is 2.55. The number of rotatable bonds is 0. The van der Waals surface area contributed by atoms with Gasteiger partial charge in [0.15, 0.2) is 5.54 Å². The van der Waals surface area contributed by atoms with Crippen LogP contribution in [0.5, 0.6) is 0 Å². The highest BCUT2D eigenvalue weighted by molar-refractivity contribution is 4.88. The predicted octanol–water partition coefficient (Wildman–Crippen LogP) is 0.661. The van der Waals surface area contributed by atoms with Gasteiger partial charge >= 0.3 is 0 Å². The van der Waals surface area contributed by atoms with E-state index in [0.717, 1.165) is 0 Å². The summed E-state index contributed by atoms with van der Waals surface area (Å²) in [7, 11) is 0. The van der Waals surface area contributed by atoms with Crippen molar-refractivity contribution in [2.45, 2.75) is 32.4 Å². The van der Waals surface area contributed by atoms with Crippen molar-refractivity contribution in [2.75, 3.05) is 0 Å². The molecule has 1 aliphatic heterocycles. The maximum atomic E-state index is 10.6. The summed E-state index contributed by atoms with van der Waals surface area (Å²) < 4.78 is 0. The van der Waals surface area contributed by atoms with E-state index in [4.69, 9.17) is 0 Å². The maximum Gasteiger partial charge on any atom is 0.257 e. The van der Waals surface area contributed by atoms with Crippen LogP contribution in [0.2, 0.25) is 0 Å². The molecule has 1 saturated heterocycles. The van der Waals surface area contributed by atoms with E-state index in [2.05, 4.69) is 0 Å². The summed E-state index contributed by atoms with van der Waals surface area (Å²) in [5.41, 5.74) is -0.498. The fourth-order valence-electron chi connectivity index (χ4n) is 0.785. The van der Waals surface area contributed by atoms with E-state index in [9.17, 15) is 10.1 Å². The number of hydrogen-bond acceptors (Lipinski definition) is 2. The lowest BCUT2D eigenvalue weighted by Gasteiger charge is -2.46. The van der Waals surface area contributed by atoms with Crippen LogP contribution in [-0.4, -0.2) is 21.6 Å². The first kappa shape index (κ1) is 6.48. The molecule has 1 rings (SSSR count). The lowest BCUT2D eigenvalue weighted by Crippen LogP contribution is -2.68. The van der Waals surface area contributed by atoms with Crippen LogP contribution in [-0.2, 0) is 0 Å². The molecule has 9 heavy (non-hydrogen) atoms. The van der Waals surface area contributed by atoms with Crippen LogP contribution >= 0.6 is 0 Å². The van der Waals surface area contributed by atoms with E-state index in [1.807, 2.05) is 0 Å². The van der Waals surface area contributed by atoms with Gasteiger partial charge in [-0.05, 0) is 13.8 Å². The van der Waals surface area contributed by atoms with Crippen LogP contribution < -0.4 is 0 Å². The second-order valence-corrected chi connectivity index (χ2v) is 2.91. The van der Waals surface area contributed by atoms with Crippen molar-refractivity contribution in [3.05, 3.63) is 10.1 Å². The summed E-state index contributed by atoms with van der Waals surface area (Å²) in [6.07, 6.45) is 0. The summed E-state index contributed by atoms with van der Waals surface area (Å²) in [5, 5.41) is 11.1. The molecule has 0 spiro atoms. The summed E-state index contributed by atoms with van der Waals surface area (Å²) in [4.78, 5) is 11.0. The molecule has 1 heterocycles. The normalized spacial score (nSPS) is 32.2. The molecular weight excluding hydrogens is 120 g/mol. The highest BCUT2D eigenvalue weighted by Crippen LogP contribution is 2.30. The van der Waals surface area contributed by atoms with Gasteiger partial charge in [0.05, 0.1) is 4.91 Å². The van der Waals surface area contributed by atoms with Crippen LogP contribution in [0.1, 0.15) is 20.8 Å². The Balaban J connectivity index is 2.73. The molecule has 0 amide bonds. The molecule has 0 aromatic rings. The first-order valence-electron chi connectivity index (χ1n) is 2.91. The van der Waals surface area contributed by atoms with E-state index in [1.54, 1.807) is 20.8 Å². The molecule has 1 fully saturated rings. The summed E-state index contributed by atoms with van der Waals surface area (Å²) >= 11 is 0. The Hall–Kier alpha value is -0.640. The molecule has 0 aromatic carbocycles. The second-order valence-electron chi connectivity index (χ2n) is 2.91. The summed E-state index contributed by atoms with van der Waals surface area (Å²) in [6, 6.07) is -0.185. The van der Waals surface area contributed by atoms with Crippen LogP contribution in [0.25, 0.3) is 0 Å². The first-order valence-corrected chi connectivity index (χ1v) is 2.91. The predicted molar refractivity (Wildman–Crippen MR) is 32.4 cm³/mol. The fourth-order valence-corrected chi connectivity index (χ4v) is 0.785. The Labute approximate surface area is 53.6 Å². The fraction of sp³-hybridized carbons (Fsp3) is 1.00. The van der Waals surface area contributed by atoms with Gasteiger partial charge in [0.2, 0.25) is 0 Å². The molecule has 0 bridgehead atoms.